The maximum absolute atomic E-state index is 5.45. The molecule has 1 N–H and O–H groups in total. The molecule has 0 aliphatic carbocycles. The summed E-state index contributed by atoms with van der Waals surface area (Å²) in [7, 11) is 0. The lowest BCUT2D eigenvalue weighted by Gasteiger charge is -2.26. The molecule has 1 aliphatic rings. The molecular formula is C15H21N3S. The number of nitrogens with one attached hydrogen (secondary N) is 1. The zero-order valence-corrected chi connectivity index (χ0v) is 12.3. The Balaban J connectivity index is 1.81. The molecule has 0 unspecified atom stereocenters. The van der Waals surface area contributed by atoms with E-state index in [0.717, 1.165) is 23.4 Å². The van der Waals surface area contributed by atoms with E-state index in [2.05, 4.69) is 39.6 Å². The number of hydrogen-bond donors (Lipinski definition) is 1. The minimum Gasteiger partial charge on any atom is -0.331 e. The zero-order chi connectivity index (χ0) is 13.2. The van der Waals surface area contributed by atoms with Gasteiger partial charge < -0.3 is 14.5 Å². The molecule has 3 rings (SSSR count). The number of rotatable bonds is 3. The molecule has 0 spiro atoms. The Morgan fingerprint density at radius 2 is 1.95 bits per heavy atom. The molecule has 1 aliphatic heterocycles. The van der Waals surface area contributed by atoms with Gasteiger partial charge in [0.05, 0.1) is 11.0 Å². The van der Waals surface area contributed by atoms with E-state index in [-0.39, 0.29) is 0 Å². The van der Waals surface area contributed by atoms with Crippen LogP contribution in [0.4, 0.5) is 0 Å². The molecule has 0 saturated carbocycles. The molecule has 0 radical (unpaired) electrons. The highest BCUT2D eigenvalue weighted by atomic mass is 32.1. The van der Waals surface area contributed by atoms with Crippen LogP contribution in [0.25, 0.3) is 11.0 Å². The standard InChI is InChI=1S/C15H21N3S/c1-12-5-6-13-14(11-12)18(15(19)16-13)10-9-17-7-3-2-4-8-17/h5-6,11H,2-4,7-10H2,1H3,(H,16,19). The second-order valence-corrected chi connectivity index (χ2v) is 5.89. The Morgan fingerprint density at radius 3 is 2.74 bits per heavy atom. The first-order chi connectivity index (χ1) is 9.24. The van der Waals surface area contributed by atoms with Crippen molar-refractivity contribution in [1.82, 2.24) is 14.5 Å². The molecule has 0 bridgehead atoms. The number of hydrogen-bond acceptors (Lipinski definition) is 2. The quantitative estimate of drug-likeness (QED) is 0.867. The average Bonchev–Trinajstić information content (AvgIpc) is 2.73. The van der Waals surface area contributed by atoms with E-state index in [1.807, 2.05) is 0 Å². The molecule has 4 heteroatoms. The first-order valence-corrected chi connectivity index (χ1v) is 7.56. The maximum atomic E-state index is 5.45. The van der Waals surface area contributed by atoms with E-state index < -0.39 is 0 Å². The number of benzene rings is 1. The summed E-state index contributed by atoms with van der Waals surface area (Å²) in [6.45, 7) is 6.71. The highest BCUT2D eigenvalue weighted by Crippen LogP contribution is 2.16. The lowest BCUT2D eigenvalue weighted by atomic mass is 10.1. The molecule has 1 saturated heterocycles. The fourth-order valence-electron chi connectivity index (χ4n) is 2.91. The van der Waals surface area contributed by atoms with E-state index in [4.69, 9.17) is 12.2 Å². The van der Waals surface area contributed by atoms with Gasteiger partial charge in [-0.2, -0.15) is 0 Å². The van der Waals surface area contributed by atoms with Crippen molar-refractivity contribution < 1.29 is 0 Å². The largest absolute Gasteiger partial charge is 0.331 e. The smallest absolute Gasteiger partial charge is 0.178 e. The number of aromatic amines is 1. The monoisotopic (exact) mass is 275 g/mol. The van der Waals surface area contributed by atoms with Crippen LogP contribution in [-0.4, -0.2) is 34.1 Å². The molecule has 2 heterocycles. The molecule has 19 heavy (non-hydrogen) atoms. The molecular weight excluding hydrogens is 254 g/mol. The molecule has 1 aromatic carbocycles. The minimum atomic E-state index is 0.845. The number of imidazole rings is 1. The Kier molecular flexibility index (Phi) is 3.71. The van der Waals surface area contributed by atoms with Crippen molar-refractivity contribution in [3.05, 3.63) is 28.5 Å². The number of fused-ring (bicyclic) bond motifs is 1. The summed E-state index contributed by atoms with van der Waals surface area (Å²) in [5.74, 6) is 0. The third-order valence-corrected chi connectivity index (χ3v) is 4.34. The van der Waals surface area contributed by atoms with Crippen molar-refractivity contribution in [2.75, 3.05) is 19.6 Å². The number of H-pyrrole nitrogens is 1. The number of piperidine rings is 1. The summed E-state index contributed by atoms with van der Waals surface area (Å²) in [4.78, 5) is 5.86. The van der Waals surface area contributed by atoms with Gasteiger partial charge in [-0.25, -0.2) is 0 Å². The maximum Gasteiger partial charge on any atom is 0.178 e. The van der Waals surface area contributed by atoms with Crippen LogP contribution in [-0.2, 0) is 6.54 Å². The second kappa shape index (κ2) is 5.47. The fraction of sp³-hybridized carbons (Fsp3) is 0.533. The lowest BCUT2D eigenvalue weighted by molar-refractivity contribution is 0.221. The molecule has 102 valence electrons. The summed E-state index contributed by atoms with van der Waals surface area (Å²) < 4.78 is 3.09. The summed E-state index contributed by atoms with van der Waals surface area (Å²) >= 11 is 5.45. The van der Waals surface area contributed by atoms with Crippen LogP contribution in [0.1, 0.15) is 24.8 Å². The number of aryl methyl sites for hydroxylation is 1. The normalized spacial score (nSPS) is 17.1. The van der Waals surface area contributed by atoms with Crippen molar-refractivity contribution in [3.63, 3.8) is 0 Å². The lowest BCUT2D eigenvalue weighted by Crippen LogP contribution is -2.32. The van der Waals surface area contributed by atoms with Crippen LogP contribution in [0.15, 0.2) is 18.2 Å². The van der Waals surface area contributed by atoms with Gasteiger partial charge >= 0.3 is 0 Å². The third-order valence-electron chi connectivity index (χ3n) is 4.02. The van der Waals surface area contributed by atoms with Gasteiger partial charge in [-0.15, -0.1) is 0 Å². The van der Waals surface area contributed by atoms with Gasteiger partial charge in [-0.3, -0.25) is 0 Å². The van der Waals surface area contributed by atoms with E-state index in [1.54, 1.807) is 0 Å². The number of nitrogens with zero attached hydrogens (tertiary/aromatic N) is 2. The predicted octanol–water partition coefficient (Wildman–Crippen LogP) is 3.49. The molecule has 2 aromatic rings. The Bertz CT molecular complexity index is 620. The van der Waals surface area contributed by atoms with Crippen LogP contribution < -0.4 is 0 Å². The van der Waals surface area contributed by atoms with E-state index >= 15 is 0 Å². The van der Waals surface area contributed by atoms with E-state index in [9.17, 15) is 0 Å². The van der Waals surface area contributed by atoms with Crippen LogP contribution in [0.5, 0.6) is 0 Å². The van der Waals surface area contributed by atoms with Crippen LogP contribution >= 0.6 is 12.2 Å². The van der Waals surface area contributed by atoms with Gasteiger partial charge in [0.2, 0.25) is 0 Å². The topological polar surface area (TPSA) is 24.0 Å². The molecule has 1 aromatic heterocycles. The van der Waals surface area contributed by atoms with Crippen LogP contribution in [0, 0.1) is 11.7 Å². The molecule has 0 amide bonds. The average molecular weight is 275 g/mol. The summed E-state index contributed by atoms with van der Waals surface area (Å²) in [5.41, 5.74) is 3.67. The van der Waals surface area contributed by atoms with Gasteiger partial charge in [0, 0.05) is 13.1 Å². The zero-order valence-electron chi connectivity index (χ0n) is 11.5. The highest BCUT2D eigenvalue weighted by Gasteiger charge is 2.11. The van der Waals surface area contributed by atoms with Gasteiger partial charge in [-0.05, 0) is 62.8 Å². The van der Waals surface area contributed by atoms with Crippen molar-refractivity contribution in [1.29, 1.82) is 0 Å². The van der Waals surface area contributed by atoms with Gasteiger partial charge in [0.15, 0.2) is 4.77 Å². The van der Waals surface area contributed by atoms with Crippen molar-refractivity contribution >= 4 is 23.3 Å². The van der Waals surface area contributed by atoms with E-state index in [1.165, 1.54) is 43.4 Å². The van der Waals surface area contributed by atoms with Crippen molar-refractivity contribution in [2.45, 2.75) is 32.7 Å². The SMILES string of the molecule is Cc1ccc2[nH]c(=S)n(CCN3CCCCC3)c2c1. The first-order valence-electron chi connectivity index (χ1n) is 7.15. The second-order valence-electron chi connectivity index (χ2n) is 5.50. The number of aromatic nitrogens is 2. The van der Waals surface area contributed by atoms with Gasteiger partial charge in [0.25, 0.3) is 0 Å². The first kappa shape index (κ1) is 12.9. The van der Waals surface area contributed by atoms with Crippen molar-refractivity contribution in [2.24, 2.45) is 0 Å². The molecule has 0 atom stereocenters. The third kappa shape index (κ3) is 2.74. The summed E-state index contributed by atoms with van der Waals surface area (Å²) in [5, 5.41) is 0. The highest BCUT2D eigenvalue weighted by molar-refractivity contribution is 7.71. The molecule has 3 nitrogen and oxygen atoms in total. The predicted molar refractivity (Wildman–Crippen MR) is 82.2 cm³/mol. The Labute approximate surface area is 119 Å². The summed E-state index contributed by atoms with van der Waals surface area (Å²) in [6, 6.07) is 6.47. The minimum absolute atomic E-state index is 0.845. The van der Waals surface area contributed by atoms with Crippen LogP contribution in [0.3, 0.4) is 0 Å². The van der Waals surface area contributed by atoms with Crippen molar-refractivity contribution in [3.8, 4) is 0 Å². The summed E-state index contributed by atoms with van der Waals surface area (Å²) in [6.07, 6.45) is 4.08. The van der Waals surface area contributed by atoms with Gasteiger partial charge in [0.1, 0.15) is 0 Å². The molecule has 1 fully saturated rings. The fourth-order valence-corrected chi connectivity index (χ4v) is 3.21. The number of likely N-dealkylation sites (tertiary alicyclic amines) is 1. The Morgan fingerprint density at radius 1 is 1.16 bits per heavy atom. The van der Waals surface area contributed by atoms with Gasteiger partial charge in [-0.1, -0.05) is 12.5 Å². The van der Waals surface area contributed by atoms with E-state index in [0.29, 0.717) is 0 Å². The van der Waals surface area contributed by atoms with Crippen LogP contribution in [0.2, 0.25) is 0 Å². The Hall–Kier alpha value is -1.13.